The van der Waals surface area contributed by atoms with E-state index in [9.17, 15) is 10.1 Å². The average Bonchev–Trinajstić information content (AvgIpc) is 2.88. The molecule has 3 N–H and O–H groups in total. The average molecular weight is 477 g/mol. The van der Waals surface area contributed by atoms with Gasteiger partial charge in [-0.3, -0.25) is 9.79 Å². The molecule has 186 valence electrons. The zero-order chi connectivity index (χ0) is 25.5. The van der Waals surface area contributed by atoms with E-state index in [0.717, 1.165) is 43.7 Å². The minimum atomic E-state index is 0.00770. The first-order valence-corrected chi connectivity index (χ1v) is 11.7. The summed E-state index contributed by atoms with van der Waals surface area (Å²) in [4.78, 5) is 19.5. The molecule has 0 heterocycles. The standard InChI is InChI=1S/C27H36N6O2/c1-30-27(29)33(21-28)24-13-9-22(10-14-24)7-6-8-26(34)31-18-4-5-19-32(2)20-17-23-11-15-25(35-3)16-12-23/h6-7,9-16H,4-5,8,17-20H2,1-3H3,(H2,29,30)(H,31,34)/b7-6+. The van der Waals surface area contributed by atoms with Crippen LogP contribution in [0.3, 0.4) is 0 Å². The van der Waals surface area contributed by atoms with Crippen LogP contribution >= 0.6 is 0 Å². The number of aliphatic imine (C=N–C) groups is 1. The highest BCUT2D eigenvalue weighted by molar-refractivity contribution is 5.97. The van der Waals surface area contributed by atoms with Crippen molar-refractivity contribution in [3.63, 3.8) is 0 Å². The Morgan fingerprint density at radius 2 is 1.86 bits per heavy atom. The Labute approximate surface area is 208 Å². The summed E-state index contributed by atoms with van der Waals surface area (Å²) in [6, 6.07) is 15.5. The molecule has 2 rings (SSSR count). The van der Waals surface area contributed by atoms with E-state index in [-0.39, 0.29) is 11.9 Å². The molecule has 0 aromatic heterocycles. The van der Waals surface area contributed by atoms with Gasteiger partial charge in [0.05, 0.1) is 12.8 Å². The molecule has 8 nitrogen and oxygen atoms in total. The number of benzene rings is 2. The third-order valence-corrected chi connectivity index (χ3v) is 5.55. The van der Waals surface area contributed by atoms with E-state index >= 15 is 0 Å². The van der Waals surface area contributed by atoms with Crippen LogP contribution in [0.4, 0.5) is 5.69 Å². The van der Waals surface area contributed by atoms with Gasteiger partial charge in [0, 0.05) is 26.6 Å². The lowest BCUT2D eigenvalue weighted by atomic mass is 10.1. The van der Waals surface area contributed by atoms with Crippen molar-refractivity contribution in [2.75, 3.05) is 45.7 Å². The quantitative estimate of drug-likeness (QED) is 0.151. The van der Waals surface area contributed by atoms with Gasteiger partial charge in [0.2, 0.25) is 11.9 Å². The molecular weight excluding hydrogens is 440 g/mol. The molecule has 8 heteroatoms. The van der Waals surface area contributed by atoms with E-state index in [0.29, 0.717) is 18.7 Å². The van der Waals surface area contributed by atoms with E-state index in [1.54, 1.807) is 19.2 Å². The maximum absolute atomic E-state index is 12.1. The molecule has 35 heavy (non-hydrogen) atoms. The second kappa shape index (κ2) is 15.1. The maximum Gasteiger partial charge on any atom is 0.223 e. The van der Waals surface area contributed by atoms with E-state index in [1.807, 2.05) is 42.6 Å². The molecule has 0 unspecified atom stereocenters. The van der Waals surface area contributed by atoms with Crippen LogP contribution in [-0.2, 0) is 11.2 Å². The third-order valence-electron chi connectivity index (χ3n) is 5.55. The maximum atomic E-state index is 12.1. The number of unbranched alkanes of at least 4 members (excludes halogenated alkanes) is 1. The Morgan fingerprint density at radius 3 is 2.49 bits per heavy atom. The molecule has 0 saturated heterocycles. The van der Waals surface area contributed by atoms with Crippen LogP contribution in [0.2, 0.25) is 0 Å². The number of nitriles is 1. The normalized spacial score (nSPS) is 11.5. The Hall–Kier alpha value is -3.83. The second-order valence-electron chi connectivity index (χ2n) is 8.17. The molecule has 0 aliphatic heterocycles. The largest absolute Gasteiger partial charge is 0.497 e. The number of ether oxygens (including phenoxy) is 1. The summed E-state index contributed by atoms with van der Waals surface area (Å²) < 4.78 is 5.19. The summed E-state index contributed by atoms with van der Waals surface area (Å²) in [5.74, 6) is 1.02. The zero-order valence-corrected chi connectivity index (χ0v) is 20.9. The van der Waals surface area contributed by atoms with Crippen LogP contribution in [0, 0.1) is 11.5 Å². The molecule has 0 bridgehead atoms. The molecular formula is C27H36N6O2. The number of carbonyl (C=O) groups excluding carboxylic acids is 1. The van der Waals surface area contributed by atoms with Gasteiger partial charge in [-0.15, -0.1) is 0 Å². The molecule has 0 fully saturated rings. The summed E-state index contributed by atoms with van der Waals surface area (Å²) in [5, 5.41) is 12.2. The van der Waals surface area contributed by atoms with Crippen LogP contribution in [0.1, 0.15) is 30.4 Å². The molecule has 0 radical (unpaired) electrons. The van der Waals surface area contributed by atoms with E-state index < -0.39 is 0 Å². The fraction of sp³-hybridized carbons (Fsp3) is 0.370. The number of carbonyl (C=O) groups is 1. The summed E-state index contributed by atoms with van der Waals surface area (Å²) >= 11 is 0. The van der Waals surface area contributed by atoms with Crippen molar-refractivity contribution >= 4 is 23.6 Å². The fourth-order valence-corrected chi connectivity index (χ4v) is 3.41. The lowest BCUT2D eigenvalue weighted by Gasteiger charge is -2.16. The van der Waals surface area contributed by atoms with Crippen molar-refractivity contribution in [2.45, 2.75) is 25.7 Å². The van der Waals surface area contributed by atoms with Gasteiger partial charge in [-0.25, -0.2) is 4.90 Å². The number of hydrogen-bond donors (Lipinski definition) is 2. The van der Waals surface area contributed by atoms with Crippen molar-refractivity contribution in [3.05, 3.63) is 65.7 Å². The zero-order valence-electron chi connectivity index (χ0n) is 20.9. The molecule has 1 amide bonds. The van der Waals surface area contributed by atoms with Gasteiger partial charge in [-0.05, 0) is 68.2 Å². The van der Waals surface area contributed by atoms with Crippen molar-refractivity contribution in [3.8, 4) is 11.9 Å². The smallest absolute Gasteiger partial charge is 0.223 e. The van der Waals surface area contributed by atoms with Crippen molar-refractivity contribution in [1.82, 2.24) is 10.2 Å². The van der Waals surface area contributed by atoms with Crippen LogP contribution in [0.25, 0.3) is 6.08 Å². The first-order chi connectivity index (χ1) is 17.0. The summed E-state index contributed by atoms with van der Waals surface area (Å²) in [6.45, 7) is 2.68. The van der Waals surface area contributed by atoms with Gasteiger partial charge >= 0.3 is 0 Å². The SMILES string of the molecule is CN=C(N)N(C#N)c1ccc(/C=C/CC(=O)NCCCCN(C)CCc2ccc(OC)cc2)cc1. The molecule has 2 aromatic carbocycles. The predicted molar refractivity (Wildman–Crippen MR) is 142 cm³/mol. The van der Waals surface area contributed by atoms with Crippen LogP contribution in [0.15, 0.2) is 59.6 Å². The molecule has 0 saturated carbocycles. The Balaban J connectivity index is 1.60. The monoisotopic (exact) mass is 476 g/mol. The number of nitrogens with two attached hydrogens (primary N) is 1. The Bertz CT molecular complexity index is 1010. The number of anilines is 1. The highest BCUT2D eigenvalue weighted by Crippen LogP contribution is 2.15. The number of nitrogens with one attached hydrogen (secondary N) is 1. The predicted octanol–water partition coefficient (Wildman–Crippen LogP) is 3.40. The van der Waals surface area contributed by atoms with Crippen LogP contribution < -0.4 is 20.7 Å². The number of methoxy groups -OCH3 is 1. The molecule has 0 aliphatic rings. The number of rotatable bonds is 13. The van der Waals surface area contributed by atoms with Gasteiger partial charge < -0.3 is 20.7 Å². The highest BCUT2D eigenvalue weighted by Gasteiger charge is 2.08. The fourth-order valence-electron chi connectivity index (χ4n) is 3.41. The van der Waals surface area contributed by atoms with Crippen LogP contribution in [-0.4, -0.2) is 57.6 Å². The molecule has 2 aromatic rings. The van der Waals surface area contributed by atoms with E-state index in [1.165, 1.54) is 17.5 Å². The first-order valence-electron chi connectivity index (χ1n) is 11.7. The molecule has 0 atom stereocenters. The summed E-state index contributed by atoms with van der Waals surface area (Å²) in [5.41, 5.74) is 8.59. The van der Waals surface area contributed by atoms with Crippen LogP contribution in [0.5, 0.6) is 5.75 Å². The lowest BCUT2D eigenvalue weighted by molar-refractivity contribution is -0.120. The Kier molecular flexibility index (Phi) is 11.9. The first kappa shape index (κ1) is 27.4. The summed E-state index contributed by atoms with van der Waals surface area (Å²) in [7, 11) is 5.34. The number of amides is 1. The van der Waals surface area contributed by atoms with Gasteiger partial charge in [0.25, 0.3) is 0 Å². The minimum Gasteiger partial charge on any atom is -0.497 e. The van der Waals surface area contributed by atoms with E-state index in [4.69, 9.17) is 10.5 Å². The third kappa shape index (κ3) is 9.90. The number of nitrogens with zero attached hydrogens (tertiary/aromatic N) is 4. The second-order valence-corrected chi connectivity index (χ2v) is 8.17. The Morgan fingerprint density at radius 1 is 1.14 bits per heavy atom. The van der Waals surface area contributed by atoms with Gasteiger partial charge in [0.1, 0.15) is 5.75 Å². The number of hydrogen-bond acceptors (Lipinski definition) is 5. The topological polar surface area (TPSA) is 107 Å². The number of guanidine groups is 1. The summed E-state index contributed by atoms with van der Waals surface area (Å²) in [6.07, 6.45) is 9.03. The van der Waals surface area contributed by atoms with Gasteiger partial charge in [-0.1, -0.05) is 36.4 Å². The molecule has 0 aliphatic carbocycles. The minimum absolute atomic E-state index is 0.00770. The van der Waals surface area contributed by atoms with Crippen molar-refractivity contribution in [2.24, 2.45) is 10.7 Å². The number of likely N-dealkylation sites (N-methyl/N-ethyl adjacent to an activating group) is 1. The lowest BCUT2D eigenvalue weighted by Crippen LogP contribution is -2.33. The van der Waals surface area contributed by atoms with E-state index in [2.05, 4.69) is 34.4 Å². The highest BCUT2D eigenvalue weighted by atomic mass is 16.5. The van der Waals surface area contributed by atoms with Crippen molar-refractivity contribution < 1.29 is 9.53 Å². The van der Waals surface area contributed by atoms with Gasteiger partial charge in [0.15, 0.2) is 6.19 Å². The van der Waals surface area contributed by atoms with Crippen molar-refractivity contribution in [1.29, 1.82) is 5.26 Å². The molecule has 0 spiro atoms. The van der Waals surface area contributed by atoms with Gasteiger partial charge in [-0.2, -0.15) is 5.26 Å².